The second-order valence-electron chi connectivity index (χ2n) is 4.05. The summed E-state index contributed by atoms with van der Waals surface area (Å²) in [5.74, 6) is -2.15. The second kappa shape index (κ2) is 6.78. The van der Waals surface area contributed by atoms with E-state index in [1.807, 2.05) is 0 Å². The predicted molar refractivity (Wildman–Crippen MR) is 62.7 cm³/mol. The lowest BCUT2D eigenvalue weighted by atomic mass is 9.98. The Kier molecular flexibility index (Phi) is 5.35. The van der Waals surface area contributed by atoms with Crippen molar-refractivity contribution < 1.29 is 24.2 Å². The molecule has 0 bridgehead atoms. The molecule has 1 aliphatic rings. The molecule has 1 rings (SSSR count). The van der Waals surface area contributed by atoms with E-state index in [2.05, 4.69) is 0 Å². The molecule has 0 spiro atoms. The third-order valence-corrected chi connectivity index (χ3v) is 2.72. The summed E-state index contributed by atoms with van der Waals surface area (Å²) in [6.07, 6.45) is 3.23. The minimum Gasteiger partial charge on any atom is -0.478 e. The molecule has 0 aromatic rings. The summed E-state index contributed by atoms with van der Waals surface area (Å²) in [4.78, 5) is 35.0. The van der Waals surface area contributed by atoms with Crippen molar-refractivity contribution in [1.82, 2.24) is 4.90 Å². The highest BCUT2D eigenvalue weighted by atomic mass is 16.5. The molecular formula is C12H17NO5. The maximum absolute atomic E-state index is 11.7. The van der Waals surface area contributed by atoms with Crippen molar-refractivity contribution in [3.8, 4) is 0 Å². The molecule has 1 N–H and O–H groups in total. The molecule has 1 unspecified atom stereocenters. The Morgan fingerprint density at radius 1 is 1.39 bits per heavy atom. The van der Waals surface area contributed by atoms with E-state index in [1.165, 1.54) is 4.90 Å². The van der Waals surface area contributed by atoms with Gasteiger partial charge >= 0.3 is 11.9 Å². The summed E-state index contributed by atoms with van der Waals surface area (Å²) in [6, 6.07) is 0. The molecule has 100 valence electrons. The molecule has 1 fully saturated rings. The van der Waals surface area contributed by atoms with Crippen LogP contribution in [0.1, 0.15) is 19.8 Å². The van der Waals surface area contributed by atoms with E-state index >= 15 is 0 Å². The SMILES string of the molecule is CCOC(=O)C1CCCN(C(=O)/C=C/C(=O)O)C1. The average molecular weight is 255 g/mol. The van der Waals surface area contributed by atoms with Gasteiger partial charge in [-0.3, -0.25) is 9.59 Å². The van der Waals surface area contributed by atoms with Crippen LogP contribution in [0, 0.1) is 5.92 Å². The molecule has 0 aliphatic carbocycles. The molecule has 0 aromatic heterocycles. The Hall–Kier alpha value is -1.85. The van der Waals surface area contributed by atoms with Crippen molar-refractivity contribution in [1.29, 1.82) is 0 Å². The number of carbonyl (C=O) groups excluding carboxylic acids is 2. The van der Waals surface area contributed by atoms with Crippen molar-refractivity contribution in [3.05, 3.63) is 12.2 Å². The number of amides is 1. The summed E-state index contributed by atoms with van der Waals surface area (Å²) in [5, 5.41) is 8.44. The quantitative estimate of drug-likeness (QED) is 0.581. The molecule has 6 heteroatoms. The van der Waals surface area contributed by atoms with Crippen LogP contribution in [0.3, 0.4) is 0 Å². The van der Waals surface area contributed by atoms with Gasteiger partial charge < -0.3 is 14.7 Å². The molecule has 6 nitrogen and oxygen atoms in total. The smallest absolute Gasteiger partial charge is 0.328 e. The van der Waals surface area contributed by atoms with Gasteiger partial charge in [0.1, 0.15) is 0 Å². The first kappa shape index (κ1) is 14.2. The number of esters is 1. The number of likely N-dealkylation sites (tertiary alicyclic amines) is 1. The van der Waals surface area contributed by atoms with Gasteiger partial charge in [0, 0.05) is 25.2 Å². The maximum atomic E-state index is 11.7. The normalized spacial score (nSPS) is 19.8. The highest BCUT2D eigenvalue weighted by Gasteiger charge is 2.28. The van der Waals surface area contributed by atoms with Crippen molar-refractivity contribution in [2.75, 3.05) is 19.7 Å². The summed E-state index contributed by atoms with van der Waals surface area (Å²) in [5.41, 5.74) is 0. The Morgan fingerprint density at radius 3 is 2.72 bits per heavy atom. The molecular weight excluding hydrogens is 238 g/mol. The molecule has 0 aromatic carbocycles. The molecule has 18 heavy (non-hydrogen) atoms. The Labute approximate surface area is 105 Å². The second-order valence-corrected chi connectivity index (χ2v) is 4.05. The molecule has 1 saturated heterocycles. The molecule has 1 aliphatic heterocycles. The lowest BCUT2D eigenvalue weighted by Gasteiger charge is -2.30. The number of rotatable bonds is 4. The molecule has 0 saturated carbocycles. The number of piperidine rings is 1. The molecule has 1 atom stereocenters. The van der Waals surface area contributed by atoms with E-state index in [4.69, 9.17) is 9.84 Å². The first-order valence-corrected chi connectivity index (χ1v) is 5.91. The number of carboxylic acids is 1. The third-order valence-electron chi connectivity index (χ3n) is 2.72. The fourth-order valence-corrected chi connectivity index (χ4v) is 1.88. The fraction of sp³-hybridized carbons (Fsp3) is 0.583. The average Bonchev–Trinajstić information content (AvgIpc) is 2.36. The Balaban J connectivity index is 2.55. The van der Waals surface area contributed by atoms with E-state index in [9.17, 15) is 14.4 Å². The highest BCUT2D eigenvalue weighted by molar-refractivity contribution is 5.94. The van der Waals surface area contributed by atoms with Gasteiger partial charge in [-0.05, 0) is 19.8 Å². The highest BCUT2D eigenvalue weighted by Crippen LogP contribution is 2.18. The van der Waals surface area contributed by atoms with Crippen LogP contribution in [-0.4, -0.2) is 47.5 Å². The van der Waals surface area contributed by atoms with Crippen LogP contribution in [0.25, 0.3) is 0 Å². The van der Waals surface area contributed by atoms with Gasteiger partial charge in [-0.25, -0.2) is 4.79 Å². The number of ether oxygens (including phenoxy) is 1. The molecule has 0 radical (unpaired) electrons. The topological polar surface area (TPSA) is 83.9 Å². The van der Waals surface area contributed by atoms with E-state index in [0.717, 1.165) is 18.6 Å². The number of aliphatic carboxylic acids is 1. The first-order valence-electron chi connectivity index (χ1n) is 5.91. The fourth-order valence-electron chi connectivity index (χ4n) is 1.88. The van der Waals surface area contributed by atoms with Crippen LogP contribution >= 0.6 is 0 Å². The number of hydrogen-bond donors (Lipinski definition) is 1. The number of carboxylic acid groups (broad SMARTS) is 1. The summed E-state index contributed by atoms with van der Waals surface area (Å²) < 4.78 is 4.92. The largest absolute Gasteiger partial charge is 0.478 e. The van der Waals surface area contributed by atoms with Crippen molar-refractivity contribution in [2.24, 2.45) is 5.92 Å². The Morgan fingerprint density at radius 2 is 2.11 bits per heavy atom. The van der Waals surface area contributed by atoms with Crippen molar-refractivity contribution in [3.63, 3.8) is 0 Å². The van der Waals surface area contributed by atoms with Gasteiger partial charge in [-0.15, -0.1) is 0 Å². The lowest BCUT2D eigenvalue weighted by molar-refractivity contribution is -0.150. The van der Waals surface area contributed by atoms with E-state index < -0.39 is 5.97 Å². The molecule has 1 amide bonds. The van der Waals surface area contributed by atoms with E-state index in [-0.39, 0.29) is 17.8 Å². The predicted octanol–water partition coefficient (Wildman–Crippen LogP) is 0.429. The van der Waals surface area contributed by atoms with Gasteiger partial charge in [-0.2, -0.15) is 0 Å². The first-order chi connectivity index (χ1) is 8.54. The maximum Gasteiger partial charge on any atom is 0.328 e. The van der Waals surface area contributed by atoms with E-state index in [0.29, 0.717) is 26.1 Å². The van der Waals surface area contributed by atoms with Gasteiger partial charge in [0.25, 0.3) is 0 Å². The summed E-state index contributed by atoms with van der Waals surface area (Å²) >= 11 is 0. The van der Waals surface area contributed by atoms with Crippen molar-refractivity contribution in [2.45, 2.75) is 19.8 Å². The summed E-state index contributed by atoms with van der Waals surface area (Å²) in [6.45, 7) is 2.89. The zero-order chi connectivity index (χ0) is 13.5. The van der Waals surface area contributed by atoms with Gasteiger partial charge in [0.05, 0.1) is 12.5 Å². The van der Waals surface area contributed by atoms with Crippen LogP contribution in [0.2, 0.25) is 0 Å². The zero-order valence-electron chi connectivity index (χ0n) is 10.3. The Bertz CT molecular complexity index is 363. The molecule has 1 heterocycles. The number of hydrogen-bond acceptors (Lipinski definition) is 4. The standard InChI is InChI=1S/C12H17NO5/c1-2-18-12(17)9-4-3-7-13(8-9)10(14)5-6-11(15)16/h5-6,9H,2-4,7-8H2,1H3,(H,15,16)/b6-5+. The van der Waals surface area contributed by atoms with E-state index in [1.54, 1.807) is 6.92 Å². The monoisotopic (exact) mass is 255 g/mol. The number of carbonyl (C=O) groups is 3. The van der Waals surface area contributed by atoms with Crippen LogP contribution in [0.5, 0.6) is 0 Å². The van der Waals surface area contributed by atoms with Crippen molar-refractivity contribution >= 4 is 17.8 Å². The minimum atomic E-state index is -1.16. The minimum absolute atomic E-state index is 0.293. The van der Waals surface area contributed by atoms with Gasteiger partial charge in [-0.1, -0.05) is 0 Å². The van der Waals surface area contributed by atoms with Crippen LogP contribution in [0.4, 0.5) is 0 Å². The van der Waals surface area contributed by atoms with Gasteiger partial charge in [0.2, 0.25) is 5.91 Å². The number of nitrogens with zero attached hydrogens (tertiary/aromatic N) is 1. The zero-order valence-corrected chi connectivity index (χ0v) is 10.3. The third kappa shape index (κ3) is 4.20. The van der Waals surface area contributed by atoms with Crippen LogP contribution in [-0.2, 0) is 19.1 Å². The van der Waals surface area contributed by atoms with Crippen LogP contribution in [0.15, 0.2) is 12.2 Å². The van der Waals surface area contributed by atoms with Crippen LogP contribution < -0.4 is 0 Å². The van der Waals surface area contributed by atoms with Gasteiger partial charge in [0.15, 0.2) is 0 Å². The lowest BCUT2D eigenvalue weighted by Crippen LogP contribution is -2.42. The summed E-state index contributed by atoms with van der Waals surface area (Å²) in [7, 11) is 0.